The molecule has 0 N–H and O–H groups in total. The minimum atomic E-state index is -0.414. The Labute approximate surface area is 188 Å². The van der Waals surface area contributed by atoms with E-state index < -0.39 is 5.69 Å². The lowest BCUT2D eigenvalue weighted by molar-refractivity contribution is 0.587. The molecule has 1 saturated carbocycles. The first-order valence-electron chi connectivity index (χ1n) is 10.8. The van der Waals surface area contributed by atoms with Crippen LogP contribution in [-0.4, -0.2) is 19.5 Å². The normalized spacial score (nSPS) is 13.5. The third kappa shape index (κ3) is 3.51. The van der Waals surface area contributed by atoms with Gasteiger partial charge in [-0.3, -0.25) is 4.98 Å². The highest BCUT2D eigenvalue weighted by Gasteiger charge is 2.26. The van der Waals surface area contributed by atoms with E-state index in [1.54, 1.807) is 24.5 Å². The number of nitrogens with zero attached hydrogens (tertiary/aromatic N) is 4. The fraction of sp³-hybridized carbons (Fsp3) is 0.154. The van der Waals surface area contributed by atoms with E-state index in [9.17, 15) is 9.18 Å². The molecule has 3 aromatic heterocycles. The van der Waals surface area contributed by atoms with Crippen LogP contribution in [0.15, 0.2) is 76.2 Å². The summed E-state index contributed by atoms with van der Waals surface area (Å²) in [4.78, 5) is 26.1. The van der Waals surface area contributed by atoms with Crippen LogP contribution in [-0.2, 0) is 0 Å². The maximum absolute atomic E-state index is 13.6. The van der Waals surface area contributed by atoms with Gasteiger partial charge in [0.25, 0.3) is 0 Å². The zero-order valence-electron chi connectivity index (χ0n) is 17.8. The summed E-state index contributed by atoms with van der Waals surface area (Å²) >= 11 is 0. The van der Waals surface area contributed by atoms with Gasteiger partial charge in [-0.2, -0.15) is 9.97 Å². The Kier molecular flexibility index (Phi) is 4.43. The van der Waals surface area contributed by atoms with Crippen molar-refractivity contribution < 1.29 is 8.81 Å². The van der Waals surface area contributed by atoms with Gasteiger partial charge in [-0.15, -0.1) is 0 Å². The molecule has 1 fully saturated rings. The number of hydrogen-bond donors (Lipinski definition) is 0. The van der Waals surface area contributed by atoms with E-state index in [2.05, 4.69) is 15.0 Å². The second kappa shape index (κ2) is 7.48. The van der Waals surface area contributed by atoms with Crippen molar-refractivity contribution in [3.05, 3.63) is 94.7 Å². The number of aryl methyl sites for hydroxylation is 1. The molecule has 162 valence electrons. The molecular weight excluding hydrogens is 419 g/mol. The van der Waals surface area contributed by atoms with Crippen LogP contribution in [0.2, 0.25) is 0 Å². The topological polar surface area (TPSA) is 73.8 Å². The molecule has 3 heterocycles. The third-order valence-corrected chi connectivity index (χ3v) is 5.98. The van der Waals surface area contributed by atoms with Crippen LogP contribution >= 0.6 is 0 Å². The average Bonchev–Trinajstić information content (AvgIpc) is 3.58. The first-order chi connectivity index (χ1) is 16.1. The molecule has 0 unspecified atom stereocenters. The van der Waals surface area contributed by atoms with Crippen LogP contribution in [0.4, 0.5) is 4.39 Å². The SMILES string of the molecule is Cc1nccc2cc(-c3nc(-n4ccc(C5CC5)nc4=O)c(-c4ccc(F)cc4)o3)ccc12. The second-order valence-electron chi connectivity index (χ2n) is 8.29. The Bertz CT molecular complexity index is 1570. The molecule has 7 heteroatoms. The van der Waals surface area contributed by atoms with Crippen molar-refractivity contribution in [1.29, 1.82) is 0 Å². The molecule has 0 saturated heterocycles. The summed E-state index contributed by atoms with van der Waals surface area (Å²) in [7, 11) is 0. The number of halogens is 1. The van der Waals surface area contributed by atoms with Gasteiger partial charge in [-0.1, -0.05) is 6.07 Å². The van der Waals surface area contributed by atoms with Gasteiger partial charge in [0.15, 0.2) is 11.6 Å². The Morgan fingerprint density at radius 2 is 1.79 bits per heavy atom. The van der Waals surface area contributed by atoms with Gasteiger partial charge in [0, 0.05) is 40.5 Å². The van der Waals surface area contributed by atoms with E-state index in [0.717, 1.165) is 40.6 Å². The van der Waals surface area contributed by atoms with Crippen molar-refractivity contribution in [1.82, 2.24) is 19.5 Å². The van der Waals surface area contributed by atoms with Crippen molar-refractivity contribution in [2.24, 2.45) is 0 Å². The summed E-state index contributed by atoms with van der Waals surface area (Å²) in [5.41, 5.74) is 2.71. The zero-order valence-corrected chi connectivity index (χ0v) is 17.8. The highest BCUT2D eigenvalue weighted by molar-refractivity contribution is 5.88. The minimum Gasteiger partial charge on any atom is -0.434 e. The second-order valence-corrected chi connectivity index (χ2v) is 8.29. The summed E-state index contributed by atoms with van der Waals surface area (Å²) in [5, 5.41) is 2.05. The van der Waals surface area contributed by atoms with Crippen LogP contribution in [0.5, 0.6) is 0 Å². The number of aromatic nitrogens is 4. The molecule has 0 radical (unpaired) electrons. The summed E-state index contributed by atoms with van der Waals surface area (Å²) in [6.07, 6.45) is 5.57. The van der Waals surface area contributed by atoms with Gasteiger partial charge >= 0.3 is 5.69 Å². The Balaban J connectivity index is 1.53. The lowest BCUT2D eigenvalue weighted by Crippen LogP contribution is -2.22. The van der Waals surface area contributed by atoms with Crippen LogP contribution in [0.3, 0.4) is 0 Å². The predicted octanol–water partition coefficient (Wildman–Crippen LogP) is 5.43. The molecule has 5 aromatic rings. The number of oxazole rings is 1. The summed E-state index contributed by atoms with van der Waals surface area (Å²) in [5.74, 6) is 1.07. The van der Waals surface area contributed by atoms with Crippen LogP contribution in [0.1, 0.15) is 30.1 Å². The number of fused-ring (bicyclic) bond motifs is 1. The number of rotatable bonds is 4. The largest absolute Gasteiger partial charge is 0.434 e. The summed E-state index contributed by atoms with van der Waals surface area (Å²) in [6.45, 7) is 1.96. The Morgan fingerprint density at radius 1 is 1.00 bits per heavy atom. The van der Waals surface area contributed by atoms with E-state index >= 15 is 0 Å². The van der Waals surface area contributed by atoms with Gasteiger partial charge in [0.1, 0.15) is 5.82 Å². The van der Waals surface area contributed by atoms with Crippen LogP contribution in [0.25, 0.3) is 39.4 Å². The molecule has 6 rings (SSSR count). The fourth-order valence-electron chi connectivity index (χ4n) is 4.03. The molecule has 6 nitrogen and oxygen atoms in total. The van der Waals surface area contributed by atoms with Crippen LogP contribution < -0.4 is 5.69 Å². The predicted molar refractivity (Wildman–Crippen MR) is 123 cm³/mol. The lowest BCUT2D eigenvalue weighted by Gasteiger charge is -2.05. The van der Waals surface area contributed by atoms with Crippen molar-refractivity contribution >= 4 is 10.8 Å². The minimum absolute atomic E-state index is 0.322. The number of pyridine rings is 1. The molecule has 0 amide bonds. The molecule has 1 aliphatic carbocycles. The van der Waals surface area contributed by atoms with Crippen molar-refractivity contribution in [2.75, 3.05) is 0 Å². The van der Waals surface area contributed by atoms with Gasteiger partial charge in [-0.05, 0) is 73.7 Å². The zero-order chi connectivity index (χ0) is 22.5. The van der Waals surface area contributed by atoms with E-state index in [-0.39, 0.29) is 5.82 Å². The monoisotopic (exact) mass is 438 g/mol. The molecule has 0 spiro atoms. The molecule has 0 aliphatic heterocycles. The molecule has 2 aromatic carbocycles. The van der Waals surface area contributed by atoms with Crippen LogP contribution in [0, 0.1) is 12.7 Å². The van der Waals surface area contributed by atoms with Crippen molar-refractivity contribution in [2.45, 2.75) is 25.7 Å². The van der Waals surface area contributed by atoms with Gasteiger partial charge in [0.05, 0.1) is 5.69 Å². The standard InChI is InChI=1S/C26H19FN4O2/c1-15-21-9-6-19(14-18(21)10-12-28-15)25-30-24(23(33-25)17-4-7-20(27)8-5-17)31-13-11-22(16-2-3-16)29-26(31)32/h4-14,16H,2-3H2,1H3. The van der Waals surface area contributed by atoms with Crippen molar-refractivity contribution in [3.63, 3.8) is 0 Å². The maximum atomic E-state index is 13.6. The Hall–Kier alpha value is -4.13. The maximum Gasteiger partial charge on any atom is 0.353 e. The first kappa shape index (κ1) is 19.5. The molecule has 0 bridgehead atoms. The van der Waals surface area contributed by atoms with E-state index in [1.807, 2.05) is 37.3 Å². The molecular formula is C26H19FN4O2. The Morgan fingerprint density at radius 3 is 2.55 bits per heavy atom. The molecule has 33 heavy (non-hydrogen) atoms. The van der Waals surface area contributed by atoms with E-state index in [0.29, 0.717) is 29.0 Å². The van der Waals surface area contributed by atoms with Crippen molar-refractivity contribution in [3.8, 4) is 28.6 Å². The van der Waals surface area contributed by atoms with Gasteiger partial charge in [0.2, 0.25) is 5.89 Å². The number of hydrogen-bond acceptors (Lipinski definition) is 5. The highest BCUT2D eigenvalue weighted by atomic mass is 19.1. The lowest BCUT2D eigenvalue weighted by atomic mass is 10.1. The van der Waals surface area contributed by atoms with E-state index in [1.165, 1.54) is 16.7 Å². The third-order valence-electron chi connectivity index (χ3n) is 5.98. The summed E-state index contributed by atoms with van der Waals surface area (Å²) < 4.78 is 21.1. The smallest absolute Gasteiger partial charge is 0.353 e. The van der Waals surface area contributed by atoms with Gasteiger partial charge < -0.3 is 4.42 Å². The first-order valence-corrected chi connectivity index (χ1v) is 10.8. The average molecular weight is 438 g/mol. The molecule has 1 aliphatic rings. The quantitative estimate of drug-likeness (QED) is 0.374. The summed E-state index contributed by atoms with van der Waals surface area (Å²) in [6, 6.07) is 15.6. The molecule has 0 atom stereocenters. The highest BCUT2D eigenvalue weighted by Crippen LogP contribution is 2.38. The fourth-order valence-corrected chi connectivity index (χ4v) is 4.03. The van der Waals surface area contributed by atoms with Gasteiger partial charge in [-0.25, -0.2) is 13.8 Å². The van der Waals surface area contributed by atoms with E-state index in [4.69, 9.17) is 4.42 Å². The number of benzene rings is 2.